The van der Waals surface area contributed by atoms with Gasteiger partial charge >= 0.3 is 5.97 Å². The Morgan fingerprint density at radius 3 is 2.64 bits per heavy atom. The van der Waals surface area contributed by atoms with Gasteiger partial charge in [-0.2, -0.15) is 0 Å². The predicted octanol–water partition coefficient (Wildman–Crippen LogP) is 3.16. The van der Waals surface area contributed by atoms with E-state index in [1.807, 2.05) is 54.6 Å². The second-order valence-electron chi connectivity index (χ2n) is 10.3. The van der Waals surface area contributed by atoms with E-state index < -0.39 is 23.3 Å². The number of benzene rings is 2. The summed E-state index contributed by atoms with van der Waals surface area (Å²) in [5.74, 6) is -0.769. The molecule has 3 aliphatic heterocycles. The minimum atomic E-state index is -1.22. The molecule has 0 saturated carbocycles. The van der Waals surface area contributed by atoms with Crippen LogP contribution in [0.4, 0.5) is 0 Å². The van der Waals surface area contributed by atoms with Crippen molar-refractivity contribution in [3.63, 3.8) is 0 Å². The fourth-order valence-corrected chi connectivity index (χ4v) is 7.34. The summed E-state index contributed by atoms with van der Waals surface area (Å²) in [7, 11) is 0. The quantitative estimate of drug-likeness (QED) is 0.127. The summed E-state index contributed by atoms with van der Waals surface area (Å²) in [4.78, 5) is 68.7. The highest BCUT2D eigenvalue weighted by Crippen LogP contribution is 2.41. The van der Waals surface area contributed by atoms with Crippen molar-refractivity contribution < 1.29 is 24.3 Å². The highest BCUT2D eigenvalue weighted by molar-refractivity contribution is 8.13. The molecule has 0 unspecified atom stereocenters. The number of carboxylic acid groups (broad SMARTS) is 1. The molecule has 0 aliphatic carbocycles. The lowest BCUT2D eigenvalue weighted by Gasteiger charge is -2.49. The minimum absolute atomic E-state index is 0.0144. The van der Waals surface area contributed by atoms with Gasteiger partial charge in [-0.05, 0) is 42.3 Å². The van der Waals surface area contributed by atoms with Crippen LogP contribution in [0.15, 0.2) is 101 Å². The van der Waals surface area contributed by atoms with Crippen molar-refractivity contribution in [2.45, 2.75) is 29.3 Å². The first-order valence-corrected chi connectivity index (χ1v) is 16.0. The van der Waals surface area contributed by atoms with Gasteiger partial charge in [0.05, 0.1) is 30.5 Å². The number of carbonyl (C=O) groups is 4. The number of rotatable bonds is 8. The van der Waals surface area contributed by atoms with Gasteiger partial charge in [0, 0.05) is 35.2 Å². The van der Waals surface area contributed by atoms with E-state index in [4.69, 9.17) is 0 Å². The summed E-state index contributed by atoms with van der Waals surface area (Å²) in [5, 5.41) is 12.4. The molecule has 230 valence electrons. The summed E-state index contributed by atoms with van der Waals surface area (Å²) in [5.41, 5.74) is 2.57. The summed E-state index contributed by atoms with van der Waals surface area (Å²) in [6.07, 6.45) is 7.19. The highest BCUT2D eigenvalue weighted by Gasteiger charge is 2.53. The predicted molar refractivity (Wildman–Crippen MR) is 170 cm³/mol. The molecule has 4 aromatic rings. The Morgan fingerprint density at radius 2 is 1.93 bits per heavy atom. The van der Waals surface area contributed by atoms with Crippen LogP contribution >= 0.6 is 23.5 Å². The Labute approximate surface area is 266 Å². The van der Waals surface area contributed by atoms with Crippen LogP contribution in [0.25, 0.3) is 11.0 Å². The maximum absolute atomic E-state index is 13.1. The average Bonchev–Trinajstić information content (AvgIpc) is 3.81. The number of carboxylic acids is 1. The molecular weight excluding hydrogens is 615 g/mol. The number of hydrogen-bond donors (Lipinski definition) is 4. The number of imidazole rings is 2. The number of allylic oxidation sites excluding steroid dienone is 1. The molecule has 2 aromatic carbocycles. The Morgan fingerprint density at radius 1 is 1.13 bits per heavy atom. The van der Waals surface area contributed by atoms with Crippen LogP contribution in [0, 0.1) is 0 Å². The second-order valence-corrected chi connectivity index (χ2v) is 12.6. The van der Waals surface area contributed by atoms with Crippen LogP contribution in [-0.4, -0.2) is 88.0 Å². The lowest BCUT2D eigenvalue weighted by Crippen LogP contribution is -2.70. The minimum Gasteiger partial charge on any atom is -0.477 e. The lowest BCUT2D eigenvalue weighted by atomic mass is 10.0. The van der Waals surface area contributed by atoms with Crippen molar-refractivity contribution in [1.82, 2.24) is 35.1 Å². The molecule has 0 radical (unpaired) electrons. The molecule has 5 heterocycles. The molecule has 7 rings (SSSR count). The normalized spacial score (nSPS) is 20.2. The third-order valence-electron chi connectivity index (χ3n) is 7.39. The van der Waals surface area contributed by atoms with Crippen molar-refractivity contribution in [3.05, 3.63) is 102 Å². The number of hydrogen-bond acceptors (Lipinski definition) is 9. The zero-order chi connectivity index (χ0) is 31.3. The van der Waals surface area contributed by atoms with Gasteiger partial charge in [-0.15, -0.1) is 11.8 Å². The molecule has 0 bridgehead atoms. The molecule has 2 atom stereocenters. The van der Waals surface area contributed by atoms with E-state index in [0.29, 0.717) is 42.2 Å². The molecule has 45 heavy (non-hydrogen) atoms. The monoisotopic (exact) mass is 643 g/mol. The fraction of sp³-hybridized carbons (Fsp3) is 0.226. The number of aliphatic carboxylic acids is 1. The fourth-order valence-electron chi connectivity index (χ4n) is 5.30. The Hall–Kier alpha value is -4.66. The molecule has 4 N–H and O–H groups in total. The number of amides is 2. The largest absolute Gasteiger partial charge is 0.477 e. The van der Waals surface area contributed by atoms with E-state index in [9.17, 15) is 24.3 Å². The smallest absolute Gasteiger partial charge is 0.352 e. The van der Waals surface area contributed by atoms with Gasteiger partial charge in [0.1, 0.15) is 22.9 Å². The molecule has 3 aliphatic rings. The topological polar surface area (TPSA) is 164 Å². The number of likely N-dealkylation sites (tertiary alicyclic amines) is 1. The van der Waals surface area contributed by atoms with Gasteiger partial charge in [0.2, 0.25) is 16.9 Å². The number of aromatic nitrogens is 4. The summed E-state index contributed by atoms with van der Waals surface area (Å²) in [6.45, 7) is 0.808. The van der Waals surface area contributed by atoms with Crippen molar-refractivity contribution >= 4 is 57.5 Å². The number of nitrogens with zero attached hydrogens (tertiary/aromatic N) is 4. The van der Waals surface area contributed by atoms with E-state index in [0.717, 1.165) is 27.7 Å². The van der Waals surface area contributed by atoms with Gasteiger partial charge in [-0.3, -0.25) is 24.6 Å². The standard InChI is InChI=1S/C28H25N5O5S2.C3H4N2/c34-22(40-18-6-2-1-3-7-18)13-29-23-26(36)33-24(28(37)38)17(15-39-27(23)33)12-16-10-11-32(25(16)35)14-21-30-19-8-4-5-9-20(19)31-21;1-2-5-3-4-1/h1-9,12,23,27,29H,10-11,13-15H2,(H,30,31)(H,37,38);1-3H,(H,4,5)/b16-12+;/t23-,27-;/m1./s1. The highest BCUT2D eigenvalue weighted by atomic mass is 32.2. The maximum Gasteiger partial charge on any atom is 0.352 e. The third kappa shape index (κ3) is 6.72. The number of para-hydroxylation sites is 2. The van der Waals surface area contributed by atoms with Crippen LogP contribution < -0.4 is 5.32 Å². The van der Waals surface area contributed by atoms with Gasteiger partial charge in [-0.1, -0.05) is 42.1 Å². The number of fused-ring (bicyclic) bond motifs is 2. The first-order valence-electron chi connectivity index (χ1n) is 14.2. The van der Waals surface area contributed by atoms with E-state index in [1.54, 1.807) is 29.7 Å². The number of H-pyrrole nitrogens is 2. The Balaban J connectivity index is 0.000000652. The zero-order valence-electron chi connectivity index (χ0n) is 23.9. The number of nitrogens with one attached hydrogen (secondary N) is 3. The van der Waals surface area contributed by atoms with E-state index in [2.05, 4.69) is 25.3 Å². The van der Waals surface area contributed by atoms with Crippen molar-refractivity contribution in [2.24, 2.45) is 0 Å². The van der Waals surface area contributed by atoms with Gasteiger partial charge in [0.25, 0.3) is 0 Å². The molecule has 2 amide bonds. The summed E-state index contributed by atoms with van der Waals surface area (Å²) >= 11 is 2.51. The summed E-state index contributed by atoms with van der Waals surface area (Å²) in [6, 6.07) is 16.2. The Kier molecular flexibility index (Phi) is 9.14. The molecule has 2 aromatic heterocycles. The van der Waals surface area contributed by atoms with Crippen LogP contribution in [0.5, 0.6) is 0 Å². The third-order valence-corrected chi connectivity index (χ3v) is 9.57. The van der Waals surface area contributed by atoms with Crippen LogP contribution in [0.1, 0.15) is 12.2 Å². The van der Waals surface area contributed by atoms with Gasteiger partial charge in [-0.25, -0.2) is 14.8 Å². The average molecular weight is 644 g/mol. The first-order chi connectivity index (χ1) is 21.9. The Bertz CT molecular complexity index is 1740. The van der Waals surface area contributed by atoms with Crippen molar-refractivity contribution in [2.75, 3.05) is 18.8 Å². The van der Waals surface area contributed by atoms with Crippen molar-refractivity contribution in [3.8, 4) is 0 Å². The van der Waals surface area contributed by atoms with Crippen LogP contribution in [0.3, 0.4) is 0 Å². The molecule has 2 fully saturated rings. The first kappa shape index (κ1) is 30.4. The van der Waals surface area contributed by atoms with Gasteiger partial charge < -0.3 is 20.0 Å². The van der Waals surface area contributed by atoms with E-state index >= 15 is 0 Å². The van der Waals surface area contributed by atoms with Crippen molar-refractivity contribution in [1.29, 1.82) is 0 Å². The van der Waals surface area contributed by atoms with Crippen LogP contribution in [-0.2, 0) is 25.7 Å². The van der Waals surface area contributed by atoms with E-state index in [1.165, 1.54) is 16.7 Å². The molecule has 12 nitrogen and oxygen atoms in total. The summed E-state index contributed by atoms with van der Waals surface area (Å²) < 4.78 is 0. The molecule has 14 heteroatoms. The molecule has 0 spiro atoms. The second kappa shape index (κ2) is 13.5. The molecule has 2 saturated heterocycles. The number of β-lactam (4-membered cyclic amide) rings is 1. The maximum atomic E-state index is 13.1. The number of carbonyl (C=O) groups excluding carboxylic acids is 3. The SMILES string of the molecule is O=C(CN[C@@H]1C(=O)N2C(C(=O)O)=C(/C=C3\CCN(Cc4nc5ccccc5[nH]4)C3=O)CS[C@H]12)Sc1ccccc1.c1c[nH]cn1. The van der Waals surface area contributed by atoms with Gasteiger partial charge in [0.15, 0.2) is 0 Å². The van der Waals surface area contributed by atoms with E-state index in [-0.39, 0.29) is 23.3 Å². The number of aromatic amines is 2. The number of thioether (sulfide) groups is 2. The molecular formula is C31H29N7O5S2. The zero-order valence-corrected chi connectivity index (χ0v) is 25.5. The van der Waals surface area contributed by atoms with Crippen LogP contribution in [0.2, 0.25) is 0 Å². The lowest BCUT2D eigenvalue weighted by molar-refractivity contribution is -0.149.